The van der Waals surface area contributed by atoms with Crippen molar-refractivity contribution in [1.29, 1.82) is 0 Å². The van der Waals surface area contributed by atoms with Crippen LogP contribution in [0.5, 0.6) is 0 Å². The highest BCUT2D eigenvalue weighted by atomic mass is 16.8. The van der Waals surface area contributed by atoms with Crippen LogP contribution >= 0.6 is 0 Å². The highest BCUT2D eigenvalue weighted by molar-refractivity contribution is 5.94. The number of hydrogen-bond acceptors (Lipinski definition) is 7. The van der Waals surface area contributed by atoms with Crippen LogP contribution < -0.4 is 16.4 Å². The van der Waals surface area contributed by atoms with Crippen molar-refractivity contribution < 1.29 is 33.3 Å². The van der Waals surface area contributed by atoms with Crippen molar-refractivity contribution in [1.82, 2.24) is 10.2 Å². The largest absolute Gasteiger partial charge is 0.370 e. The summed E-state index contributed by atoms with van der Waals surface area (Å²) in [4.78, 5) is 42.4. The number of fused-ring (bicyclic) bond motifs is 1. The molecule has 0 bridgehead atoms. The molecule has 5 rings (SSSR count). The summed E-state index contributed by atoms with van der Waals surface area (Å²) in [5.41, 5.74) is 9.25. The van der Waals surface area contributed by atoms with Crippen LogP contribution in [0.3, 0.4) is 0 Å². The van der Waals surface area contributed by atoms with Gasteiger partial charge in [0.05, 0.1) is 12.6 Å². The Morgan fingerprint density at radius 2 is 1.55 bits per heavy atom. The summed E-state index contributed by atoms with van der Waals surface area (Å²) in [7, 11) is 0. The van der Waals surface area contributed by atoms with Gasteiger partial charge in [0.25, 0.3) is 0 Å². The highest BCUT2D eigenvalue weighted by Gasteiger charge is 2.57. The molecule has 11 heteroatoms. The molecule has 2 aliphatic rings. The van der Waals surface area contributed by atoms with Crippen molar-refractivity contribution in [2.24, 2.45) is 11.7 Å². The summed E-state index contributed by atoms with van der Waals surface area (Å²) in [6.45, 7) is 9.77. The molecule has 0 saturated carbocycles. The predicted octanol–water partition coefficient (Wildman–Crippen LogP) is 4.92. The van der Waals surface area contributed by atoms with Crippen molar-refractivity contribution in [3.8, 4) is 0 Å². The first-order valence-corrected chi connectivity index (χ1v) is 16.8. The predicted molar refractivity (Wildman–Crippen MR) is 185 cm³/mol. The quantitative estimate of drug-likeness (QED) is 0.221. The fourth-order valence-electron chi connectivity index (χ4n) is 6.48. The first-order chi connectivity index (χ1) is 23.4. The smallest absolute Gasteiger partial charge is 0.322 e. The summed E-state index contributed by atoms with van der Waals surface area (Å²) >= 11 is 0. The van der Waals surface area contributed by atoms with E-state index in [1.807, 2.05) is 106 Å². The Morgan fingerprint density at radius 3 is 2.18 bits per heavy atom. The van der Waals surface area contributed by atoms with Gasteiger partial charge in [0.15, 0.2) is 12.1 Å². The average Bonchev–Trinajstić information content (AvgIpc) is 3.54. The number of rotatable bonds is 14. The minimum Gasteiger partial charge on any atom is -0.370 e. The van der Waals surface area contributed by atoms with Gasteiger partial charge in [-0.15, -0.1) is 0 Å². The number of nitrogens with zero attached hydrogens (tertiary/aromatic N) is 1. The van der Waals surface area contributed by atoms with E-state index in [4.69, 9.17) is 24.7 Å². The Morgan fingerprint density at radius 1 is 0.918 bits per heavy atom. The zero-order valence-electron chi connectivity index (χ0n) is 28.8. The first kappa shape index (κ1) is 36.0. The number of aryl methyl sites for hydroxylation is 1. The molecule has 0 radical (unpaired) electrons. The maximum Gasteiger partial charge on any atom is 0.322 e. The summed E-state index contributed by atoms with van der Waals surface area (Å²) in [6, 6.07) is 24.7. The van der Waals surface area contributed by atoms with Crippen molar-refractivity contribution in [3.05, 3.63) is 102 Å². The van der Waals surface area contributed by atoms with Crippen LogP contribution in [0, 0.1) is 12.8 Å². The van der Waals surface area contributed by atoms with E-state index in [-0.39, 0.29) is 25.5 Å². The molecule has 2 saturated heterocycles. The minimum absolute atomic E-state index is 0.228. The van der Waals surface area contributed by atoms with Crippen LogP contribution in [0.15, 0.2) is 84.9 Å². The van der Waals surface area contributed by atoms with Gasteiger partial charge in [-0.1, -0.05) is 92.7 Å². The number of nitrogens with two attached hydrogens (primary N) is 1. The molecule has 0 aliphatic carbocycles. The lowest BCUT2D eigenvalue weighted by atomic mass is 9.97. The van der Waals surface area contributed by atoms with Gasteiger partial charge in [-0.05, 0) is 55.9 Å². The second-order valence-corrected chi connectivity index (χ2v) is 13.5. The molecule has 3 aromatic carbocycles. The molecule has 0 spiro atoms. The monoisotopic (exact) mass is 672 g/mol. The van der Waals surface area contributed by atoms with Gasteiger partial charge >= 0.3 is 6.03 Å². The molecule has 0 unspecified atom stereocenters. The maximum absolute atomic E-state index is 14.4. The molecule has 4 amide bonds. The zero-order valence-corrected chi connectivity index (χ0v) is 28.8. The summed E-state index contributed by atoms with van der Waals surface area (Å²) in [5.74, 6) is -2.29. The Balaban J connectivity index is 1.41. The number of nitrogens with one attached hydrogen (secondary N) is 2. The number of para-hydroxylation sites is 1. The Kier molecular flexibility index (Phi) is 11.7. The van der Waals surface area contributed by atoms with Gasteiger partial charge in [0.2, 0.25) is 11.8 Å². The van der Waals surface area contributed by atoms with Gasteiger partial charge in [-0.2, -0.15) is 0 Å². The molecule has 2 heterocycles. The fourth-order valence-corrected chi connectivity index (χ4v) is 6.48. The molecule has 262 valence electrons. The number of carbonyl (C=O) groups is 3. The number of primary amides is 1. The van der Waals surface area contributed by atoms with Gasteiger partial charge in [0.1, 0.15) is 24.4 Å². The number of ether oxygens (including phenoxy) is 4. The third-order valence-electron chi connectivity index (χ3n) is 8.83. The second kappa shape index (κ2) is 15.9. The van der Waals surface area contributed by atoms with Crippen molar-refractivity contribution >= 4 is 23.5 Å². The van der Waals surface area contributed by atoms with Crippen LogP contribution in [0.2, 0.25) is 0 Å². The van der Waals surface area contributed by atoms with Crippen LogP contribution in [-0.2, 0) is 41.6 Å². The molecule has 4 N–H and O–H groups in total. The normalized spacial score (nSPS) is 22.2. The van der Waals surface area contributed by atoms with Crippen molar-refractivity contribution in [2.75, 3.05) is 11.9 Å². The first-order valence-electron chi connectivity index (χ1n) is 16.8. The topological polar surface area (TPSA) is 141 Å². The lowest BCUT2D eigenvalue weighted by Crippen LogP contribution is -2.59. The number of hydrogen-bond donors (Lipinski definition) is 3. The average molecular weight is 673 g/mol. The molecule has 3 aromatic rings. The minimum atomic E-state index is -0.913. The standard InChI is InChI=1S/C38H48N4O7/c1-24(2)31(42(21-20-26-15-8-6-9-16-26)37(45)41-28-19-13-12-14-25(28)3)35(44)40-29(22-30(39)43)32-33(46-23-27-17-10-7-11-18-27)34-36(47-32)49-38(4,5)48-34/h6-19,24,29,31-34,36H,20-23H2,1-5H3,(H2,39,43)(H,40,44)(H,41,45)/t29-,31-,32-,33+,34-,36-/m0/s1. The third kappa shape index (κ3) is 9.24. The van der Waals surface area contributed by atoms with E-state index in [2.05, 4.69) is 10.6 Å². The van der Waals surface area contributed by atoms with Gasteiger partial charge in [-0.25, -0.2) is 4.79 Å². The number of anilines is 1. The van der Waals surface area contributed by atoms with E-state index in [0.29, 0.717) is 12.1 Å². The SMILES string of the molecule is Cc1ccccc1NC(=O)N(CCc1ccccc1)[C@H](C(=O)N[C@@H](CC(N)=O)[C@@H]1O[C@H]2OC(C)(C)O[C@H]2[C@@H]1OCc1ccccc1)C(C)C. The van der Waals surface area contributed by atoms with E-state index in [1.165, 1.54) is 0 Å². The van der Waals surface area contributed by atoms with E-state index < -0.39 is 60.3 Å². The fraction of sp³-hybridized carbons (Fsp3) is 0.447. The summed E-state index contributed by atoms with van der Waals surface area (Å²) in [6.07, 6.45) is -2.63. The zero-order chi connectivity index (χ0) is 35.1. The summed E-state index contributed by atoms with van der Waals surface area (Å²) in [5, 5.41) is 6.05. The molecule has 6 atom stereocenters. The van der Waals surface area contributed by atoms with Gasteiger partial charge in [0, 0.05) is 18.7 Å². The van der Waals surface area contributed by atoms with Crippen LogP contribution in [0.25, 0.3) is 0 Å². The van der Waals surface area contributed by atoms with E-state index in [9.17, 15) is 14.4 Å². The molecule has 2 fully saturated rings. The molecule has 49 heavy (non-hydrogen) atoms. The Hall–Kier alpha value is -4.29. The van der Waals surface area contributed by atoms with E-state index >= 15 is 0 Å². The van der Waals surface area contributed by atoms with Crippen LogP contribution in [0.1, 0.15) is 50.8 Å². The molecular formula is C38H48N4O7. The van der Waals surface area contributed by atoms with Crippen molar-refractivity contribution in [2.45, 2.75) is 96.5 Å². The van der Waals surface area contributed by atoms with Gasteiger partial charge in [-0.3, -0.25) is 9.59 Å². The third-order valence-corrected chi connectivity index (χ3v) is 8.83. The Labute approximate surface area is 288 Å². The highest BCUT2D eigenvalue weighted by Crippen LogP contribution is 2.40. The summed E-state index contributed by atoms with van der Waals surface area (Å²) < 4.78 is 25.0. The maximum atomic E-state index is 14.4. The number of urea groups is 1. The number of amides is 4. The van der Waals surface area contributed by atoms with E-state index in [0.717, 1.165) is 16.7 Å². The lowest BCUT2D eigenvalue weighted by molar-refractivity contribution is -0.222. The number of benzene rings is 3. The van der Waals surface area contributed by atoms with Crippen LogP contribution in [0.4, 0.5) is 10.5 Å². The molecule has 11 nitrogen and oxygen atoms in total. The molecular weight excluding hydrogens is 624 g/mol. The lowest BCUT2D eigenvalue weighted by Gasteiger charge is -2.36. The van der Waals surface area contributed by atoms with Gasteiger partial charge < -0.3 is 40.2 Å². The van der Waals surface area contributed by atoms with Crippen LogP contribution in [-0.4, -0.2) is 71.8 Å². The molecule has 2 aliphatic heterocycles. The molecule has 0 aromatic heterocycles. The van der Waals surface area contributed by atoms with Crippen molar-refractivity contribution in [3.63, 3.8) is 0 Å². The van der Waals surface area contributed by atoms with E-state index in [1.54, 1.807) is 18.7 Å². The second-order valence-electron chi connectivity index (χ2n) is 13.5. The Bertz CT molecular complexity index is 1570. The number of carbonyl (C=O) groups excluding carboxylic acids is 3.